The summed E-state index contributed by atoms with van der Waals surface area (Å²) in [6, 6.07) is 8.88. The van der Waals surface area contributed by atoms with Gasteiger partial charge in [-0.3, -0.25) is 4.98 Å². The van der Waals surface area contributed by atoms with Gasteiger partial charge in [0.15, 0.2) is 0 Å². The van der Waals surface area contributed by atoms with Crippen molar-refractivity contribution in [1.82, 2.24) is 4.98 Å². The Labute approximate surface area is 111 Å². The first-order valence-corrected chi connectivity index (χ1v) is 6.02. The Bertz CT molecular complexity index is 608. The van der Waals surface area contributed by atoms with Gasteiger partial charge in [0.2, 0.25) is 0 Å². The van der Waals surface area contributed by atoms with Gasteiger partial charge in [-0.05, 0) is 36.2 Å². The SMILES string of the molecule is CCc1ccc(OC)c(-c2cc(C(=O)O)ccn2)c1. The van der Waals surface area contributed by atoms with Gasteiger partial charge < -0.3 is 9.84 Å². The number of carboxylic acids is 1. The molecule has 0 amide bonds. The van der Waals surface area contributed by atoms with Crippen molar-refractivity contribution in [1.29, 1.82) is 0 Å². The maximum absolute atomic E-state index is 11.0. The number of carbonyl (C=O) groups is 1. The van der Waals surface area contributed by atoms with Crippen LogP contribution in [0.2, 0.25) is 0 Å². The second kappa shape index (κ2) is 5.52. The fourth-order valence-electron chi connectivity index (χ4n) is 1.89. The summed E-state index contributed by atoms with van der Waals surface area (Å²) in [5.41, 5.74) is 2.78. The molecule has 0 atom stereocenters. The first kappa shape index (κ1) is 13.1. The number of benzene rings is 1. The second-order valence-corrected chi connectivity index (χ2v) is 4.12. The Morgan fingerprint density at radius 2 is 2.11 bits per heavy atom. The number of nitrogens with zero attached hydrogens (tertiary/aromatic N) is 1. The largest absolute Gasteiger partial charge is 0.496 e. The van der Waals surface area contributed by atoms with Crippen LogP contribution in [0.1, 0.15) is 22.8 Å². The van der Waals surface area contributed by atoms with E-state index < -0.39 is 5.97 Å². The lowest BCUT2D eigenvalue weighted by Gasteiger charge is -2.10. The summed E-state index contributed by atoms with van der Waals surface area (Å²) in [6.07, 6.45) is 2.40. The summed E-state index contributed by atoms with van der Waals surface area (Å²) in [7, 11) is 1.59. The van der Waals surface area contributed by atoms with E-state index in [1.54, 1.807) is 13.2 Å². The van der Waals surface area contributed by atoms with E-state index in [1.165, 1.54) is 12.3 Å². The molecule has 1 aromatic carbocycles. The number of hydrogen-bond acceptors (Lipinski definition) is 3. The van der Waals surface area contributed by atoms with E-state index in [0.29, 0.717) is 11.4 Å². The van der Waals surface area contributed by atoms with Crippen LogP contribution < -0.4 is 4.74 Å². The fraction of sp³-hybridized carbons (Fsp3) is 0.200. The molecule has 0 aliphatic rings. The molecule has 19 heavy (non-hydrogen) atoms. The zero-order valence-corrected chi connectivity index (χ0v) is 10.9. The lowest BCUT2D eigenvalue weighted by atomic mass is 10.0. The maximum atomic E-state index is 11.0. The Hall–Kier alpha value is -2.36. The van der Waals surface area contributed by atoms with Crippen molar-refractivity contribution in [3.8, 4) is 17.0 Å². The first-order valence-electron chi connectivity index (χ1n) is 6.02. The molecule has 2 aromatic rings. The number of carboxylic acid groups (broad SMARTS) is 1. The van der Waals surface area contributed by atoms with E-state index in [4.69, 9.17) is 9.84 Å². The second-order valence-electron chi connectivity index (χ2n) is 4.12. The molecule has 0 fully saturated rings. The predicted molar refractivity (Wildman–Crippen MR) is 72.6 cm³/mol. The van der Waals surface area contributed by atoms with E-state index >= 15 is 0 Å². The molecule has 2 rings (SSSR count). The van der Waals surface area contributed by atoms with Crippen LogP contribution in [0.25, 0.3) is 11.3 Å². The Kier molecular flexibility index (Phi) is 3.80. The number of hydrogen-bond donors (Lipinski definition) is 1. The van der Waals surface area contributed by atoms with E-state index in [1.807, 2.05) is 18.2 Å². The monoisotopic (exact) mass is 257 g/mol. The zero-order chi connectivity index (χ0) is 13.8. The van der Waals surface area contributed by atoms with Crippen LogP contribution in [-0.2, 0) is 6.42 Å². The number of ether oxygens (including phenoxy) is 1. The summed E-state index contributed by atoms with van der Waals surface area (Å²) >= 11 is 0. The molecular formula is C15H15NO3. The molecular weight excluding hydrogens is 242 g/mol. The van der Waals surface area contributed by atoms with Gasteiger partial charge in [0.25, 0.3) is 0 Å². The summed E-state index contributed by atoms with van der Waals surface area (Å²) in [5, 5.41) is 9.02. The number of aryl methyl sites for hydroxylation is 1. The number of aromatic carboxylic acids is 1. The molecule has 1 N–H and O–H groups in total. The van der Waals surface area contributed by atoms with Gasteiger partial charge in [0.05, 0.1) is 18.4 Å². The van der Waals surface area contributed by atoms with Crippen molar-refractivity contribution in [2.24, 2.45) is 0 Å². The number of rotatable bonds is 4. The predicted octanol–water partition coefficient (Wildman–Crippen LogP) is 3.02. The third-order valence-corrected chi connectivity index (χ3v) is 2.95. The molecule has 1 heterocycles. The topological polar surface area (TPSA) is 59.4 Å². The molecule has 0 saturated carbocycles. The van der Waals surface area contributed by atoms with Gasteiger partial charge >= 0.3 is 5.97 Å². The third kappa shape index (κ3) is 2.73. The van der Waals surface area contributed by atoms with E-state index in [0.717, 1.165) is 17.5 Å². The Morgan fingerprint density at radius 1 is 1.32 bits per heavy atom. The Morgan fingerprint density at radius 3 is 2.74 bits per heavy atom. The van der Waals surface area contributed by atoms with Crippen molar-refractivity contribution in [2.75, 3.05) is 7.11 Å². The highest BCUT2D eigenvalue weighted by atomic mass is 16.5. The average molecular weight is 257 g/mol. The molecule has 0 aliphatic heterocycles. The van der Waals surface area contributed by atoms with Crippen molar-refractivity contribution in [3.05, 3.63) is 47.7 Å². The van der Waals surface area contributed by atoms with Crippen LogP contribution in [0.4, 0.5) is 0 Å². The highest BCUT2D eigenvalue weighted by molar-refractivity contribution is 5.89. The van der Waals surface area contributed by atoms with Crippen LogP contribution in [0.3, 0.4) is 0 Å². The fourth-order valence-corrected chi connectivity index (χ4v) is 1.89. The standard InChI is InChI=1S/C15H15NO3/c1-3-10-4-5-14(19-2)12(8-10)13-9-11(15(17)18)6-7-16-13/h4-9H,3H2,1-2H3,(H,17,18). The summed E-state index contributed by atoms with van der Waals surface area (Å²) in [4.78, 5) is 15.2. The minimum atomic E-state index is -0.964. The number of aromatic nitrogens is 1. The molecule has 0 unspecified atom stereocenters. The molecule has 0 radical (unpaired) electrons. The molecule has 4 nitrogen and oxygen atoms in total. The summed E-state index contributed by atoms with van der Waals surface area (Å²) in [5.74, 6) is -0.276. The number of methoxy groups -OCH3 is 1. The smallest absolute Gasteiger partial charge is 0.335 e. The third-order valence-electron chi connectivity index (χ3n) is 2.95. The van der Waals surface area contributed by atoms with Gasteiger partial charge in [0, 0.05) is 11.8 Å². The van der Waals surface area contributed by atoms with E-state index in [2.05, 4.69) is 11.9 Å². The van der Waals surface area contributed by atoms with Crippen LogP contribution in [-0.4, -0.2) is 23.2 Å². The highest BCUT2D eigenvalue weighted by Gasteiger charge is 2.11. The normalized spacial score (nSPS) is 10.2. The van der Waals surface area contributed by atoms with Crippen molar-refractivity contribution < 1.29 is 14.6 Å². The van der Waals surface area contributed by atoms with Crippen LogP contribution in [0, 0.1) is 0 Å². The summed E-state index contributed by atoms with van der Waals surface area (Å²) < 4.78 is 5.31. The lowest BCUT2D eigenvalue weighted by molar-refractivity contribution is 0.0697. The zero-order valence-electron chi connectivity index (χ0n) is 10.9. The van der Waals surface area contributed by atoms with Gasteiger partial charge in [-0.25, -0.2) is 4.79 Å². The minimum absolute atomic E-state index is 0.217. The maximum Gasteiger partial charge on any atom is 0.335 e. The molecule has 0 saturated heterocycles. The molecule has 0 bridgehead atoms. The van der Waals surface area contributed by atoms with Crippen molar-refractivity contribution >= 4 is 5.97 Å². The number of pyridine rings is 1. The molecule has 1 aromatic heterocycles. The summed E-state index contributed by atoms with van der Waals surface area (Å²) in [6.45, 7) is 2.06. The van der Waals surface area contributed by atoms with Crippen LogP contribution in [0.15, 0.2) is 36.5 Å². The van der Waals surface area contributed by atoms with Crippen molar-refractivity contribution in [3.63, 3.8) is 0 Å². The van der Waals surface area contributed by atoms with Gasteiger partial charge in [0.1, 0.15) is 5.75 Å². The van der Waals surface area contributed by atoms with Crippen LogP contribution >= 0.6 is 0 Å². The van der Waals surface area contributed by atoms with E-state index in [-0.39, 0.29) is 5.56 Å². The molecule has 4 heteroatoms. The molecule has 98 valence electrons. The van der Waals surface area contributed by atoms with Gasteiger partial charge in [-0.1, -0.05) is 13.0 Å². The van der Waals surface area contributed by atoms with Gasteiger partial charge in [-0.2, -0.15) is 0 Å². The lowest BCUT2D eigenvalue weighted by Crippen LogP contribution is -1.98. The van der Waals surface area contributed by atoms with Crippen LogP contribution in [0.5, 0.6) is 5.75 Å². The molecule has 0 aliphatic carbocycles. The quantitative estimate of drug-likeness (QED) is 0.914. The Balaban J connectivity index is 2.56. The van der Waals surface area contributed by atoms with Gasteiger partial charge in [-0.15, -0.1) is 0 Å². The minimum Gasteiger partial charge on any atom is -0.496 e. The highest BCUT2D eigenvalue weighted by Crippen LogP contribution is 2.30. The first-order chi connectivity index (χ1) is 9.15. The van der Waals surface area contributed by atoms with E-state index in [9.17, 15) is 4.79 Å². The molecule has 0 spiro atoms. The van der Waals surface area contributed by atoms with Crippen molar-refractivity contribution in [2.45, 2.75) is 13.3 Å². The average Bonchev–Trinajstić information content (AvgIpc) is 2.46.